The van der Waals surface area contributed by atoms with E-state index in [1.54, 1.807) is 13.8 Å². The van der Waals surface area contributed by atoms with Gasteiger partial charge >= 0.3 is 5.97 Å². The molecule has 4 heteroatoms. The molecule has 17 heavy (non-hydrogen) atoms. The average Bonchev–Trinajstić information content (AvgIpc) is 2.32. The molecule has 0 N–H and O–H groups in total. The molecule has 1 rings (SSSR count). The lowest BCUT2D eigenvalue weighted by Gasteiger charge is -2.14. The highest BCUT2D eigenvalue weighted by Gasteiger charge is 2.18. The van der Waals surface area contributed by atoms with Crippen molar-refractivity contribution in [1.29, 1.82) is 0 Å². The van der Waals surface area contributed by atoms with Gasteiger partial charge in [0, 0.05) is 0 Å². The molecule has 0 aliphatic heterocycles. The van der Waals surface area contributed by atoms with Crippen molar-refractivity contribution in [3.63, 3.8) is 0 Å². The van der Waals surface area contributed by atoms with Crippen molar-refractivity contribution in [2.45, 2.75) is 20.8 Å². The Balaban J connectivity index is 3.39. The van der Waals surface area contributed by atoms with E-state index in [-0.39, 0.29) is 0 Å². The molecule has 0 unspecified atom stereocenters. The maximum atomic E-state index is 11.7. The topological polar surface area (TPSA) is 52.6 Å². The first-order valence-electron chi connectivity index (χ1n) is 5.37. The van der Waals surface area contributed by atoms with Crippen molar-refractivity contribution in [2.24, 2.45) is 0 Å². The number of rotatable bonds is 4. The molecular weight excluding hydrogens is 220 g/mol. The molecule has 0 aliphatic rings. The fourth-order valence-corrected chi connectivity index (χ4v) is 1.70. The second-order valence-corrected chi connectivity index (χ2v) is 3.63. The number of carbonyl (C=O) groups excluding carboxylic acids is 2. The van der Waals surface area contributed by atoms with Crippen molar-refractivity contribution in [3.8, 4) is 5.75 Å². The van der Waals surface area contributed by atoms with Crippen LogP contribution < -0.4 is 4.74 Å². The number of methoxy groups -OCH3 is 1. The molecule has 0 saturated heterocycles. The summed E-state index contributed by atoms with van der Waals surface area (Å²) in [7, 11) is 1.50. The van der Waals surface area contributed by atoms with E-state index in [0.717, 1.165) is 11.1 Å². The van der Waals surface area contributed by atoms with Crippen molar-refractivity contribution < 1.29 is 19.1 Å². The van der Waals surface area contributed by atoms with Crippen LogP contribution in [0, 0.1) is 13.8 Å². The number of hydrogen-bond donors (Lipinski definition) is 0. The van der Waals surface area contributed by atoms with Crippen molar-refractivity contribution in [1.82, 2.24) is 0 Å². The molecule has 0 saturated carbocycles. The number of esters is 1. The summed E-state index contributed by atoms with van der Waals surface area (Å²) in [5, 5.41) is 0. The SMILES string of the molecule is CCOC(=O)c1cc(C=O)c(OC)c(C)c1C. The van der Waals surface area contributed by atoms with Gasteiger partial charge in [-0.3, -0.25) is 4.79 Å². The number of benzene rings is 1. The molecule has 0 amide bonds. The Kier molecular flexibility index (Phi) is 4.26. The van der Waals surface area contributed by atoms with Gasteiger partial charge in [-0.1, -0.05) is 0 Å². The summed E-state index contributed by atoms with van der Waals surface area (Å²) in [5.41, 5.74) is 2.32. The summed E-state index contributed by atoms with van der Waals surface area (Å²) in [4.78, 5) is 22.7. The van der Waals surface area contributed by atoms with Crippen LogP contribution >= 0.6 is 0 Å². The van der Waals surface area contributed by atoms with Crippen molar-refractivity contribution >= 4 is 12.3 Å². The van der Waals surface area contributed by atoms with E-state index in [2.05, 4.69) is 0 Å². The molecule has 0 atom stereocenters. The Morgan fingerprint density at radius 2 is 2.00 bits per heavy atom. The third-order valence-corrected chi connectivity index (χ3v) is 2.70. The Morgan fingerprint density at radius 1 is 1.35 bits per heavy atom. The second-order valence-electron chi connectivity index (χ2n) is 3.63. The highest BCUT2D eigenvalue weighted by Crippen LogP contribution is 2.28. The lowest BCUT2D eigenvalue weighted by molar-refractivity contribution is 0.0525. The van der Waals surface area contributed by atoms with Crippen molar-refractivity contribution in [3.05, 3.63) is 28.3 Å². The molecule has 0 fully saturated rings. The molecule has 4 nitrogen and oxygen atoms in total. The molecule has 0 bridgehead atoms. The molecule has 0 aliphatic carbocycles. The molecular formula is C13H16O4. The maximum Gasteiger partial charge on any atom is 0.338 e. The first kappa shape index (κ1) is 13.2. The number of hydrogen-bond acceptors (Lipinski definition) is 4. The number of ether oxygens (including phenoxy) is 2. The summed E-state index contributed by atoms with van der Waals surface area (Å²) in [5.74, 6) is 0.0874. The molecule has 1 aromatic rings. The molecule has 0 spiro atoms. The Bertz CT molecular complexity index is 449. The van der Waals surface area contributed by atoms with Crippen LogP contribution in [0.25, 0.3) is 0 Å². The lowest BCUT2D eigenvalue weighted by atomic mass is 9.98. The third-order valence-electron chi connectivity index (χ3n) is 2.70. The normalized spacial score (nSPS) is 9.88. The van der Waals surface area contributed by atoms with E-state index < -0.39 is 5.97 Å². The Morgan fingerprint density at radius 3 is 2.47 bits per heavy atom. The summed E-state index contributed by atoms with van der Waals surface area (Å²) >= 11 is 0. The van der Waals surface area contributed by atoms with Gasteiger partial charge in [-0.05, 0) is 38.0 Å². The van der Waals surface area contributed by atoms with Gasteiger partial charge in [0.05, 0.1) is 24.8 Å². The van der Waals surface area contributed by atoms with E-state index in [1.165, 1.54) is 13.2 Å². The fraction of sp³-hybridized carbons (Fsp3) is 0.385. The van der Waals surface area contributed by atoms with Gasteiger partial charge < -0.3 is 9.47 Å². The van der Waals surface area contributed by atoms with E-state index >= 15 is 0 Å². The average molecular weight is 236 g/mol. The minimum Gasteiger partial charge on any atom is -0.496 e. The minimum atomic E-state index is -0.418. The summed E-state index contributed by atoms with van der Waals surface area (Å²) in [6.45, 7) is 5.66. The largest absolute Gasteiger partial charge is 0.496 e. The number of aldehydes is 1. The first-order chi connectivity index (χ1) is 8.06. The van der Waals surface area contributed by atoms with Crippen LogP contribution in [0.2, 0.25) is 0 Å². The van der Waals surface area contributed by atoms with Gasteiger partial charge in [-0.15, -0.1) is 0 Å². The van der Waals surface area contributed by atoms with Crippen LogP contribution in [0.15, 0.2) is 6.07 Å². The molecule has 0 radical (unpaired) electrons. The predicted octanol–water partition coefficient (Wildman–Crippen LogP) is 2.30. The van der Waals surface area contributed by atoms with Crippen LogP contribution in [0.1, 0.15) is 38.8 Å². The van der Waals surface area contributed by atoms with Gasteiger partial charge in [-0.25, -0.2) is 4.79 Å². The van der Waals surface area contributed by atoms with Gasteiger partial charge in [0.1, 0.15) is 5.75 Å². The van der Waals surface area contributed by atoms with Crippen LogP contribution in [0.3, 0.4) is 0 Å². The smallest absolute Gasteiger partial charge is 0.338 e. The monoisotopic (exact) mass is 236 g/mol. The van der Waals surface area contributed by atoms with Gasteiger partial charge in [0.2, 0.25) is 0 Å². The molecule has 0 heterocycles. The molecule has 1 aromatic carbocycles. The van der Waals surface area contributed by atoms with Crippen LogP contribution in [0.5, 0.6) is 5.75 Å². The number of carbonyl (C=O) groups is 2. The first-order valence-corrected chi connectivity index (χ1v) is 5.37. The van der Waals surface area contributed by atoms with Crippen LogP contribution in [-0.4, -0.2) is 26.0 Å². The second kappa shape index (κ2) is 5.48. The quantitative estimate of drug-likeness (QED) is 0.594. The minimum absolute atomic E-state index is 0.305. The van der Waals surface area contributed by atoms with Crippen LogP contribution in [0.4, 0.5) is 0 Å². The van der Waals surface area contributed by atoms with Gasteiger partial charge in [0.15, 0.2) is 6.29 Å². The lowest BCUT2D eigenvalue weighted by Crippen LogP contribution is -2.10. The highest BCUT2D eigenvalue weighted by molar-refractivity contribution is 5.95. The third kappa shape index (κ3) is 2.46. The summed E-state index contributed by atoms with van der Waals surface area (Å²) in [6.07, 6.45) is 0.675. The van der Waals surface area contributed by atoms with E-state index in [9.17, 15) is 9.59 Å². The Hall–Kier alpha value is -1.84. The standard InChI is InChI=1S/C13H16O4/c1-5-17-13(15)11-6-10(7-14)12(16-4)9(3)8(11)2/h6-7H,5H2,1-4H3. The van der Waals surface area contributed by atoms with E-state index in [0.29, 0.717) is 29.8 Å². The zero-order valence-electron chi connectivity index (χ0n) is 10.5. The van der Waals surface area contributed by atoms with Gasteiger partial charge in [-0.2, -0.15) is 0 Å². The molecule has 0 aromatic heterocycles. The zero-order valence-corrected chi connectivity index (χ0v) is 10.5. The zero-order chi connectivity index (χ0) is 13.0. The van der Waals surface area contributed by atoms with Crippen molar-refractivity contribution in [2.75, 3.05) is 13.7 Å². The fourth-order valence-electron chi connectivity index (χ4n) is 1.70. The summed E-state index contributed by atoms with van der Waals surface area (Å²) < 4.78 is 10.1. The Labute approximate surface area is 101 Å². The highest BCUT2D eigenvalue weighted by atomic mass is 16.5. The predicted molar refractivity (Wildman–Crippen MR) is 63.8 cm³/mol. The van der Waals surface area contributed by atoms with Crippen LogP contribution in [-0.2, 0) is 4.74 Å². The molecule has 92 valence electrons. The maximum absolute atomic E-state index is 11.7. The van der Waals surface area contributed by atoms with Gasteiger partial charge in [0.25, 0.3) is 0 Å². The van der Waals surface area contributed by atoms with E-state index in [1.807, 2.05) is 6.92 Å². The van der Waals surface area contributed by atoms with E-state index in [4.69, 9.17) is 9.47 Å². The summed E-state index contributed by atoms with van der Waals surface area (Å²) in [6, 6.07) is 1.51.